The molecule has 0 unspecified atom stereocenters. The topological polar surface area (TPSA) is 81.8 Å². The molecule has 1 atom stereocenters. The fourth-order valence-corrected chi connectivity index (χ4v) is 3.95. The molecule has 3 rings (SSSR count). The minimum Gasteiger partial charge on any atom is -0.369 e. The summed E-state index contributed by atoms with van der Waals surface area (Å²) < 4.78 is 0. The highest BCUT2D eigenvalue weighted by atomic mass is 16.2. The number of anilines is 2. The Labute approximate surface area is 189 Å². The lowest BCUT2D eigenvalue weighted by Gasteiger charge is -2.38. The molecular weight excluding hydrogens is 404 g/mol. The number of aryl methyl sites for hydroxylation is 2. The molecule has 7 heteroatoms. The first-order chi connectivity index (χ1) is 15.3. The largest absolute Gasteiger partial charge is 0.369 e. The third kappa shape index (κ3) is 5.73. The van der Waals surface area contributed by atoms with Gasteiger partial charge in [0.05, 0.1) is 12.6 Å². The SMILES string of the molecule is CC(=O)c1ccc(N2CCN([C@H](C)C(=O)NCC(=O)Nc3c(C)cccc3C)CC2)cc1. The Kier molecular flexibility index (Phi) is 7.64. The molecule has 2 N–H and O–H groups in total. The van der Waals surface area contributed by atoms with Crippen LogP contribution in [0.5, 0.6) is 0 Å². The Hall–Kier alpha value is -3.19. The Morgan fingerprint density at radius 3 is 2.09 bits per heavy atom. The summed E-state index contributed by atoms with van der Waals surface area (Å²) in [5.74, 6) is -0.327. The number of nitrogens with zero attached hydrogens (tertiary/aromatic N) is 2. The normalized spacial score (nSPS) is 15.2. The third-order valence-corrected chi connectivity index (χ3v) is 6.05. The molecule has 0 aliphatic carbocycles. The standard InChI is InChI=1S/C25H32N4O3/c1-17-6-5-7-18(2)24(17)27-23(31)16-26-25(32)19(3)28-12-14-29(15-13-28)22-10-8-21(9-11-22)20(4)30/h5-11,19H,12-16H2,1-4H3,(H,26,32)(H,27,31)/t19-/m1/s1. The maximum Gasteiger partial charge on any atom is 0.243 e. The van der Waals surface area contributed by atoms with E-state index in [9.17, 15) is 14.4 Å². The summed E-state index contributed by atoms with van der Waals surface area (Å²) in [5.41, 5.74) is 4.57. The van der Waals surface area contributed by atoms with Gasteiger partial charge in [-0.2, -0.15) is 0 Å². The number of para-hydroxylation sites is 1. The molecule has 1 heterocycles. The molecule has 1 aliphatic heterocycles. The summed E-state index contributed by atoms with van der Waals surface area (Å²) in [7, 11) is 0. The van der Waals surface area contributed by atoms with Crippen LogP contribution in [0.2, 0.25) is 0 Å². The Balaban J connectivity index is 1.46. The van der Waals surface area contributed by atoms with Crippen LogP contribution in [0.3, 0.4) is 0 Å². The van der Waals surface area contributed by atoms with Crippen LogP contribution in [0.25, 0.3) is 0 Å². The van der Waals surface area contributed by atoms with Gasteiger partial charge in [0.1, 0.15) is 0 Å². The van der Waals surface area contributed by atoms with Crippen LogP contribution in [0.1, 0.15) is 35.3 Å². The lowest BCUT2D eigenvalue weighted by atomic mass is 10.1. The molecule has 0 saturated carbocycles. The predicted molar refractivity (Wildman–Crippen MR) is 127 cm³/mol. The van der Waals surface area contributed by atoms with Gasteiger partial charge < -0.3 is 15.5 Å². The third-order valence-electron chi connectivity index (χ3n) is 6.05. The summed E-state index contributed by atoms with van der Waals surface area (Å²) in [6, 6.07) is 13.2. The molecule has 1 aliphatic rings. The van der Waals surface area contributed by atoms with E-state index in [0.29, 0.717) is 5.56 Å². The minimum atomic E-state index is -0.315. The highest BCUT2D eigenvalue weighted by Crippen LogP contribution is 2.20. The van der Waals surface area contributed by atoms with Crippen molar-refractivity contribution in [1.82, 2.24) is 10.2 Å². The van der Waals surface area contributed by atoms with E-state index in [0.717, 1.165) is 48.7 Å². The number of nitrogens with one attached hydrogen (secondary N) is 2. The second kappa shape index (κ2) is 10.4. The molecule has 0 spiro atoms. The maximum absolute atomic E-state index is 12.6. The van der Waals surface area contributed by atoms with Crippen molar-refractivity contribution >= 4 is 29.0 Å². The van der Waals surface area contributed by atoms with Gasteiger partial charge in [0.25, 0.3) is 0 Å². The van der Waals surface area contributed by atoms with Gasteiger partial charge in [0.2, 0.25) is 11.8 Å². The van der Waals surface area contributed by atoms with Gasteiger partial charge in [0.15, 0.2) is 5.78 Å². The van der Waals surface area contributed by atoms with E-state index in [1.165, 1.54) is 0 Å². The van der Waals surface area contributed by atoms with Crippen LogP contribution in [-0.2, 0) is 9.59 Å². The molecule has 2 aromatic carbocycles. The number of carbonyl (C=O) groups excluding carboxylic acids is 3. The van der Waals surface area contributed by atoms with Crippen molar-refractivity contribution in [1.29, 1.82) is 0 Å². The van der Waals surface area contributed by atoms with E-state index in [-0.39, 0.29) is 30.2 Å². The zero-order valence-corrected chi connectivity index (χ0v) is 19.3. The smallest absolute Gasteiger partial charge is 0.243 e. The zero-order chi connectivity index (χ0) is 23.3. The average molecular weight is 437 g/mol. The molecule has 2 amide bonds. The van der Waals surface area contributed by atoms with Gasteiger partial charge in [-0.25, -0.2) is 0 Å². The Morgan fingerprint density at radius 2 is 1.53 bits per heavy atom. The molecule has 0 radical (unpaired) electrons. The highest BCUT2D eigenvalue weighted by Gasteiger charge is 2.26. The van der Waals surface area contributed by atoms with Crippen molar-refractivity contribution in [3.63, 3.8) is 0 Å². The monoisotopic (exact) mass is 436 g/mol. The van der Waals surface area contributed by atoms with E-state index < -0.39 is 0 Å². The summed E-state index contributed by atoms with van der Waals surface area (Å²) in [4.78, 5) is 40.8. The fraction of sp³-hybridized carbons (Fsp3) is 0.400. The van der Waals surface area contributed by atoms with Gasteiger partial charge in [0, 0.05) is 43.1 Å². The number of ketones is 1. The van der Waals surface area contributed by atoms with Crippen molar-refractivity contribution in [2.45, 2.75) is 33.7 Å². The molecule has 1 saturated heterocycles. The lowest BCUT2D eigenvalue weighted by Crippen LogP contribution is -2.54. The molecule has 0 bridgehead atoms. The molecule has 32 heavy (non-hydrogen) atoms. The first-order valence-electron chi connectivity index (χ1n) is 11.0. The number of benzene rings is 2. The van der Waals surface area contributed by atoms with Gasteiger partial charge >= 0.3 is 0 Å². The van der Waals surface area contributed by atoms with E-state index in [4.69, 9.17) is 0 Å². The van der Waals surface area contributed by atoms with E-state index in [2.05, 4.69) is 20.4 Å². The maximum atomic E-state index is 12.6. The quantitative estimate of drug-likeness (QED) is 0.653. The number of hydrogen-bond donors (Lipinski definition) is 2. The zero-order valence-electron chi connectivity index (χ0n) is 19.3. The predicted octanol–water partition coefficient (Wildman–Crippen LogP) is 2.77. The van der Waals surface area contributed by atoms with Crippen LogP contribution < -0.4 is 15.5 Å². The number of carbonyl (C=O) groups is 3. The summed E-state index contributed by atoms with van der Waals surface area (Å²) in [6.07, 6.45) is 0. The average Bonchev–Trinajstić information content (AvgIpc) is 2.79. The van der Waals surface area contributed by atoms with Gasteiger partial charge in [-0.15, -0.1) is 0 Å². The van der Waals surface area contributed by atoms with E-state index >= 15 is 0 Å². The second-order valence-corrected chi connectivity index (χ2v) is 8.33. The number of hydrogen-bond acceptors (Lipinski definition) is 5. The van der Waals surface area contributed by atoms with Gasteiger partial charge in [-0.05, 0) is 63.1 Å². The van der Waals surface area contributed by atoms with Crippen molar-refractivity contribution in [2.75, 3.05) is 42.9 Å². The number of Topliss-reactive ketones (excluding diaryl/α,β-unsaturated/α-hetero) is 1. The number of piperazine rings is 1. The molecule has 2 aromatic rings. The van der Waals surface area contributed by atoms with Crippen molar-refractivity contribution in [2.24, 2.45) is 0 Å². The second-order valence-electron chi connectivity index (χ2n) is 8.33. The van der Waals surface area contributed by atoms with Crippen LogP contribution >= 0.6 is 0 Å². The lowest BCUT2D eigenvalue weighted by molar-refractivity contribution is -0.128. The van der Waals surface area contributed by atoms with Crippen LogP contribution in [0, 0.1) is 13.8 Å². The number of amides is 2. The van der Waals surface area contributed by atoms with Crippen LogP contribution in [-0.4, -0.2) is 61.3 Å². The Bertz CT molecular complexity index is 959. The van der Waals surface area contributed by atoms with Crippen LogP contribution in [0.15, 0.2) is 42.5 Å². The van der Waals surface area contributed by atoms with Crippen LogP contribution in [0.4, 0.5) is 11.4 Å². The molecule has 1 fully saturated rings. The van der Waals surface area contributed by atoms with Crippen molar-refractivity contribution in [3.05, 3.63) is 59.2 Å². The highest BCUT2D eigenvalue weighted by molar-refractivity contribution is 5.96. The van der Waals surface area contributed by atoms with Crippen molar-refractivity contribution in [3.8, 4) is 0 Å². The Morgan fingerprint density at radius 1 is 0.938 bits per heavy atom. The fourth-order valence-electron chi connectivity index (χ4n) is 3.95. The van der Waals surface area contributed by atoms with E-state index in [1.54, 1.807) is 6.92 Å². The molecule has 170 valence electrons. The van der Waals surface area contributed by atoms with Gasteiger partial charge in [-0.1, -0.05) is 18.2 Å². The molecule has 0 aromatic heterocycles. The molecular formula is C25H32N4O3. The first kappa shape index (κ1) is 23.5. The van der Waals surface area contributed by atoms with Crippen molar-refractivity contribution < 1.29 is 14.4 Å². The molecule has 7 nitrogen and oxygen atoms in total. The minimum absolute atomic E-state index is 0.0561. The summed E-state index contributed by atoms with van der Waals surface area (Å²) >= 11 is 0. The van der Waals surface area contributed by atoms with E-state index in [1.807, 2.05) is 63.2 Å². The summed E-state index contributed by atoms with van der Waals surface area (Å²) in [5, 5.41) is 5.65. The number of rotatable bonds is 7. The van der Waals surface area contributed by atoms with Gasteiger partial charge in [-0.3, -0.25) is 19.3 Å². The first-order valence-corrected chi connectivity index (χ1v) is 11.0. The summed E-state index contributed by atoms with van der Waals surface area (Å²) in [6.45, 7) is 10.4.